The highest BCUT2D eigenvalue weighted by Crippen LogP contribution is 2.35. The number of aromatic nitrogens is 2. The minimum atomic E-state index is -0.116. The van der Waals surface area contributed by atoms with Crippen LogP contribution in [0.25, 0.3) is 0 Å². The molecule has 0 saturated carbocycles. The Morgan fingerprint density at radius 3 is 2.38 bits per heavy atom. The summed E-state index contributed by atoms with van der Waals surface area (Å²) in [5.74, 6) is 1.65. The van der Waals surface area contributed by atoms with E-state index >= 15 is 0 Å². The maximum Gasteiger partial charge on any atom is 0.223 e. The minimum Gasteiger partial charge on any atom is -0.497 e. The first-order valence-corrected chi connectivity index (χ1v) is 10.4. The van der Waals surface area contributed by atoms with Gasteiger partial charge >= 0.3 is 0 Å². The Bertz CT molecular complexity index is 772. The molecule has 0 N–H and O–H groups in total. The number of likely N-dealkylation sites (tertiary alicyclic amines) is 1. The van der Waals surface area contributed by atoms with Gasteiger partial charge in [-0.1, -0.05) is 34.6 Å². The van der Waals surface area contributed by atoms with Crippen molar-refractivity contribution in [2.45, 2.75) is 61.1 Å². The van der Waals surface area contributed by atoms with Crippen molar-refractivity contribution < 1.29 is 14.3 Å². The quantitative estimate of drug-likeness (QED) is 0.701. The van der Waals surface area contributed by atoms with E-state index in [2.05, 4.69) is 12.0 Å². The standard InChI is InChI=1S/C19H25N3O3.2C2H6/c1-14-9-20-22(10-14)13-19(2)8-18(23)21(12-19)11-15-5-6-16(24-3)7-17(15)25-4;2*1-2/h5-7,9-10H,8,11-13H2,1-4H3;2*1-2H3. The Balaban J connectivity index is 0.000000989. The summed E-state index contributed by atoms with van der Waals surface area (Å²) in [5.41, 5.74) is 2.00. The molecule has 6 heteroatoms. The Morgan fingerprint density at radius 1 is 1.14 bits per heavy atom. The van der Waals surface area contributed by atoms with Crippen LogP contribution in [0.3, 0.4) is 0 Å². The topological polar surface area (TPSA) is 56.6 Å². The van der Waals surface area contributed by atoms with E-state index in [0.717, 1.165) is 29.2 Å². The maximum absolute atomic E-state index is 12.5. The van der Waals surface area contributed by atoms with Crippen molar-refractivity contribution in [3.8, 4) is 11.5 Å². The van der Waals surface area contributed by atoms with E-state index in [1.54, 1.807) is 14.2 Å². The molecule has 1 saturated heterocycles. The minimum absolute atomic E-state index is 0.116. The summed E-state index contributed by atoms with van der Waals surface area (Å²) in [7, 11) is 3.26. The first-order valence-electron chi connectivity index (χ1n) is 10.4. The molecule has 3 rings (SSSR count). The molecular formula is C23H37N3O3. The number of nitrogens with zero attached hydrogens (tertiary/aromatic N) is 3. The molecule has 6 nitrogen and oxygen atoms in total. The van der Waals surface area contributed by atoms with Crippen molar-refractivity contribution >= 4 is 5.91 Å². The van der Waals surface area contributed by atoms with Crippen LogP contribution < -0.4 is 9.47 Å². The van der Waals surface area contributed by atoms with Crippen LogP contribution in [0.5, 0.6) is 11.5 Å². The second-order valence-electron chi connectivity index (χ2n) is 7.13. The third-order valence-electron chi connectivity index (χ3n) is 4.66. The highest BCUT2D eigenvalue weighted by atomic mass is 16.5. The molecule has 1 atom stereocenters. The molecule has 2 heterocycles. The molecule has 29 heavy (non-hydrogen) atoms. The van der Waals surface area contributed by atoms with Gasteiger partial charge in [-0.15, -0.1) is 0 Å². The molecule has 162 valence electrons. The van der Waals surface area contributed by atoms with Gasteiger partial charge in [-0.3, -0.25) is 9.48 Å². The van der Waals surface area contributed by atoms with Gasteiger partial charge in [0.25, 0.3) is 0 Å². The van der Waals surface area contributed by atoms with Crippen molar-refractivity contribution in [1.29, 1.82) is 0 Å². The lowest BCUT2D eigenvalue weighted by Crippen LogP contribution is -2.29. The lowest BCUT2D eigenvalue weighted by Gasteiger charge is -2.24. The molecule has 1 aromatic heterocycles. The number of benzene rings is 1. The zero-order valence-electron chi connectivity index (χ0n) is 19.3. The molecule has 2 aromatic rings. The summed E-state index contributed by atoms with van der Waals surface area (Å²) in [4.78, 5) is 14.4. The Hall–Kier alpha value is -2.50. The highest BCUT2D eigenvalue weighted by Gasteiger charge is 2.40. The monoisotopic (exact) mass is 403 g/mol. The van der Waals surface area contributed by atoms with Gasteiger partial charge in [-0.2, -0.15) is 5.10 Å². The van der Waals surface area contributed by atoms with E-state index in [1.807, 2.05) is 74.8 Å². The molecular weight excluding hydrogens is 366 g/mol. The third-order valence-corrected chi connectivity index (χ3v) is 4.66. The SMILES string of the molecule is CC.CC.COc1ccc(CN2CC(C)(Cn3cc(C)cn3)CC2=O)c(OC)c1. The van der Waals surface area contributed by atoms with Crippen LogP contribution in [0.15, 0.2) is 30.6 Å². The molecule has 1 fully saturated rings. The molecule has 0 spiro atoms. The summed E-state index contributed by atoms with van der Waals surface area (Å²) >= 11 is 0. The number of carbonyl (C=O) groups excluding carboxylic acids is 1. The fourth-order valence-electron chi connectivity index (χ4n) is 3.46. The number of hydrogen-bond donors (Lipinski definition) is 0. The van der Waals surface area contributed by atoms with Crippen LogP contribution in [0, 0.1) is 12.3 Å². The summed E-state index contributed by atoms with van der Waals surface area (Å²) in [5, 5.41) is 4.36. The zero-order chi connectivity index (χ0) is 22.0. The lowest BCUT2D eigenvalue weighted by atomic mass is 9.90. The van der Waals surface area contributed by atoms with Crippen LogP contribution in [-0.4, -0.2) is 41.4 Å². The van der Waals surface area contributed by atoms with E-state index in [-0.39, 0.29) is 11.3 Å². The van der Waals surface area contributed by atoms with Gasteiger partial charge in [-0.25, -0.2) is 0 Å². The third kappa shape index (κ3) is 6.51. The first kappa shape index (κ1) is 24.5. The first-order chi connectivity index (χ1) is 13.9. The molecule has 1 aliphatic rings. The van der Waals surface area contributed by atoms with Gasteiger partial charge < -0.3 is 14.4 Å². The van der Waals surface area contributed by atoms with Crippen LogP contribution in [0.2, 0.25) is 0 Å². The van der Waals surface area contributed by atoms with Crippen molar-refractivity contribution in [3.63, 3.8) is 0 Å². The van der Waals surface area contributed by atoms with Crippen LogP contribution in [-0.2, 0) is 17.9 Å². The van der Waals surface area contributed by atoms with Crippen LogP contribution in [0.4, 0.5) is 0 Å². The average Bonchev–Trinajstić information content (AvgIpc) is 3.26. The Labute approximate surface area is 175 Å². The lowest BCUT2D eigenvalue weighted by molar-refractivity contribution is -0.128. The molecule has 1 amide bonds. The number of ether oxygens (including phenoxy) is 2. The second-order valence-corrected chi connectivity index (χ2v) is 7.13. The zero-order valence-corrected chi connectivity index (χ0v) is 19.3. The van der Waals surface area contributed by atoms with Crippen molar-refractivity contribution in [2.75, 3.05) is 20.8 Å². The average molecular weight is 404 g/mol. The molecule has 1 unspecified atom stereocenters. The number of rotatable bonds is 6. The fourth-order valence-corrected chi connectivity index (χ4v) is 3.46. The highest BCUT2D eigenvalue weighted by molar-refractivity contribution is 5.79. The summed E-state index contributed by atoms with van der Waals surface area (Å²) in [6.45, 7) is 14.2. The normalized spacial score (nSPS) is 17.8. The van der Waals surface area contributed by atoms with Gasteiger partial charge in [0.2, 0.25) is 5.91 Å². The number of amides is 1. The van der Waals surface area contributed by atoms with E-state index in [9.17, 15) is 4.79 Å². The number of methoxy groups -OCH3 is 2. The predicted molar refractivity (Wildman–Crippen MR) is 117 cm³/mol. The Morgan fingerprint density at radius 2 is 1.83 bits per heavy atom. The number of carbonyl (C=O) groups is 1. The summed E-state index contributed by atoms with van der Waals surface area (Å²) in [6.07, 6.45) is 4.40. The summed E-state index contributed by atoms with van der Waals surface area (Å²) < 4.78 is 12.6. The smallest absolute Gasteiger partial charge is 0.223 e. The molecule has 0 bridgehead atoms. The van der Waals surface area contributed by atoms with Crippen molar-refractivity contribution in [2.24, 2.45) is 5.41 Å². The number of hydrogen-bond acceptors (Lipinski definition) is 4. The fraction of sp³-hybridized carbons (Fsp3) is 0.565. The molecule has 1 aromatic carbocycles. The van der Waals surface area contributed by atoms with E-state index in [4.69, 9.17) is 9.47 Å². The largest absolute Gasteiger partial charge is 0.497 e. The molecule has 1 aliphatic heterocycles. The predicted octanol–water partition coefficient (Wildman–Crippen LogP) is 4.70. The van der Waals surface area contributed by atoms with E-state index in [0.29, 0.717) is 19.5 Å². The van der Waals surface area contributed by atoms with Gasteiger partial charge in [0.05, 0.1) is 20.4 Å². The number of aryl methyl sites for hydroxylation is 1. The second kappa shape index (κ2) is 11.5. The summed E-state index contributed by atoms with van der Waals surface area (Å²) in [6, 6.07) is 5.70. The van der Waals surface area contributed by atoms with Crippen LogP contribution >= 0.6 is 0 Å². The van der Waals surface area contributed by atoms with Gasteiger partial charge in [0, 0.05) is 49.3 Å². The van der Waals surface area contributed by atoms with Gasteiger partial charge in [0.15, 0.2) is 0 Å². The van der Waals surface area contributed by atoms with Crippen LogP contribution in [0.1, 0.15) is 52.2 Å². The van der Waals surface area contributed by atoms with E-state index in [1.165, 1.54) is 0 Å². The van der Waals surface area contributed by atoms with E-state index < -0.39 is 0 Å². The van der Waals surface area contributed by atoms with Gasteiger partial charge in [0.1, 0.15) is 11.5 Å². The Kier molecular flexibility index (Phi) is 9.72. The van der Waals surface area contributed by atoms with Gasteiger partial charge in [-0.05, 0) is 24.6 Å². The molecule has 0 aliphatic carbocycles. The van der Waals surface area contributed by atoms with Crippen molar-refractivity contribution in [1.82, 2.24) is 14.7 Å². The van der Waals surface area contributed by atoms with Crippen molar-refractivity contribution in [3.05, 3.63) is 41.7 Å². The molecule has 0 radical (unpaired) electrons. The maximum atomic E-state index is 12.5.